The smallest absolute Gasteiger partial charge is 0.410 e. The van der Waals surface area contributed by atoms with Gasteiger partial charge in [0.2, 0.25) is 10.0 Å². The van der Waals surface area contributed by atoms with Gasteiger partial charge in [-0.1, -0.05) is 35.8 Å². The van der Waals surface area contributed by atoms with Crippen LogP contribution in [-0.4, -0.2) is 122 Å². The lowest BCUT2D eigenvalue weighted by atomic mass is 9.79. The standard InChI is InChI=1S/C36H48BN5O7S/c1-2-50(47,48)41-20-11-27(12-21-41)26-9-16-39(17-10-26)34(44)33(24-25-7-8-32(43)30(37)23-25)49-36(46)40-18-14-29(15-19-40)42-22-13-28-5-3-4-6-31(28)38-35(42)45/h3-8,23,26-27,29,33,43H,2,9-22,24H2,1H3,(H,38,45)/t33-/m1/s1. The average Bonchev–Trinajstić information content (AvgIpc) is 3.30. The first-order valence-electron chi connectivity index (χ1n) is 18.0. The number of carbonyl (C=O) groups is 3. The van der Waals surface area contributed by atoms with Gasteiger partial charge >= 0.3 is 12.1 Å². The van der Waals surface area contributed by atoms with E-state index < -0.39 is 22.2 Å². The van der Waals surface area contributed by atoms with Crippen LogP contribution in [0, 0.1) is 11.8 Å². The Labute approximate surface area is 296 Å². The van der Waals surface area contributed by atoms with Gasteiger partial charge in [-0.2, -0.15) is 0 Å². The predicted octanol–water partition coefficient (Wildman–Crippen LogP) is 3.09. The SMILES string of the molecule is [B]c1cc(C[C@@H](OC(=O)N2CCC(N3CCc4ccccc4NC3=O)CC2)C(=O)N2CCC(C3CCN(S(=O)(=O)CC)CC3)CC2)ccc1O. The van der Waals surface area contributed by atoms with Crippen LogP contribution in [-0.2, 0) is 32.4 Å². The Hall–Kier alpha value is -3.78. The largest absolute Gasteiger partial charge is 0.509 e. The van der Waals surface area contributed by atoms with Crippen LogP contribution < -0.4 is 10.8 Å². The first kappa shape index (κ1) is 36.0. The van der Waals surface area contributed by atoms with E-state index in [2.05, 4.69) is 5.32 Å². The highest BCUT2D eigenvalue weighted by molar-refractivity contribution is 7.89. The quantitative estimate of drug-likeness (QED) is 0.403. The lowest BCUT2D eigenvalue weighted by Gasteiger charge is -2.40. The van der Waals surface area contributed by atoms with Crippen LogP contribution in [0.1, 0.15) is 56.6 Å². The molecule has 0 unspecified atom stereocenters. The number of benzene rings is 2. The number of hydrogen-bond donors (Lipinski definition) is 2. The second-order valence-electron chi connectivity index (χ2n) is 14.0. The summed E-state index contributed by atoms with van der Waals surface area (Å²) in [6.07, 6.45) is 3.71. The van der Waals surface area contributed by atoms with E-state index in [9.17, 15) is 27.9 Å². The summed E-state index contributed by atoms with van der Waals surface area (Å²) in [6, 6.07) is 12.4. The third-order valence-corrected chi connectivity index (χ3v) is 13.0. The van der Waals surface area contributed by atoms with Crippen LogP contribution in [0.2, 0.25) is 0 Å². The Balaban J connectivity index is 1.05. The fraction of sp³-hybridized carbons (Fsp3) is 0.583. The molecule has 0 aromatic heterocycles. The maximum Gasteiger partial charge on any atom is 0.410 e. The average molecular weight is 706 g/mol. The monoisotopic (exact) mass is 705 g/mol. The molecule has 12 nitrogen and oxygen atoms in total. The van der Waals surface area contributed by atoms with Crippen molar-refractivity contribution in [2.45, 2.75) is 70.4 Å². The highest BCUT2D eigenvalue weighted by Crippen LogP contribution is 2.34. The molecule has 3 saturated heterocycles. The molecule has 0 saturated carbocycles. The highest BCUT2D eigenvalue weighted by atomic mass is 32.2. The normalized spacial score (nSPS) is 20.9. The number of anilines is 1. The minimum Gasteiger partial charge on any atom is -0.509 e. The molecule has 50 heavy (non-hydrogen) atoms. The van der Waals surface area contributed by atoms with Crippen molar-refractivity contribution < 1.29 is 32.6 Å². The minimum atomic E-state index is -3.18. The van der Waals surface area contributed by atoms with Crippen LogP contribution in [0.3, 0.4) is 0 Å². The molecule has 4 amide bonds. The number of piperidine rings is 3. The first-order valence-corrected chi connectivity index (χ1v) is 19.6. The van der Waals surface area contributed by atoms with Gasteiger partial charge in [-0.15, -0.1) is 0 Å². The number of nitrogens with zero attached hydrogens (tertiary/aromatic N) is 4. The summed E-state index contributed by atoms with van der Waals surface area (Å²) in [5.41, 5.74) is 2.79. The Morgan fingerprint density at radius 1 is 0.920 bits per heavy atom. The van der Waals surface area contributed by atoms with Crippen molar-refractivity contribution in [2.24, 2.45) is 11.8 Å². The number of aromatic hydroxyl groups is 1. The summed E-state index contributed by atoms with van der Waals surface area (Å²) in [4.78, 5) is 45.9. The summed E-state index contributed by atoms with van der Waals surface area (Å²) in [5.74, 6) is 0.626. The Morgan fingerprint density at radius 3 is 2.22 bits per heavy atom. The molecular weight excluding hydrogens is 657 g/mol. The molecule has 1 atom stereocenters. The van der Waals surface area contributed by atoms with E-state index in [-0.39, 0.29) is 41.4 Å². The first-order chi connectivity index (χ1) is 24.0. The summed E-state index contributed by atoms with van der Waals surface area (Å²) >= 11 is 0. The van der Waals surface area contributed by atoms with Gasteiger partial charge in [-0.05, 0) is 87.0 Å². The van der Waals surface area contributed by atoms with Gasteiger partial charge in [0.25, 0.3) is 5.91 Å². The molecule has 268 valence electrons. The number of fused-ring (bicyclic) bond motifs is 1. The van der Waals surface area contributed by atoms with Gasteiger partial charge in [-0.3, -0.25) is 4.79 Å². The molecule has 2 N–H and O–H groups in total. The molecule has 4 heterocycles. The Morgan fingerprint density at radius 2 is 1.56 bits per heavy atom. The van der Waals surface area contributed by atoms with Crippen LogP contribution in [0.25, 0.3) is 0 Å². The highest BCUT2D eigenvalue weighted by Gasteiger charge is 2.37. The van der Waals surface area contributed by atoms with Crippen molar-refractivity contribution >= 4 is 47.1 Å². The molecule has 6 rings (SSSR count). The van der Waals surface area contributed by atoms with Crippen molar-refractivity contribution in [3.63, 3.8) is 0 Å². The number of phenols is 1. The fourth-order valence-electron chi connectivity index (χ4n) is 8.02. The van der Waals surface area contributed by atoms with Gasteiger partial charge in [0.05, 0.1) is 5.75 Å². The van der Waals surface area contributed by atoms with Crippen LogP contribution >= 0.6 is 0 Å². The zero-order valence-electron chi connectivity index (χ0n) is 28.8. The maximum atomic E-state index is 14.0. The zero-order valence-corrected chi connectivity index (χ0v) is 29.7. The Bertz CT molecular complexity index is 1650. The fourth-order valence-corrected chi connectivity index (χ4v) is 9.15. The lowest BCUT2D eigenvalue weighted by molar-refractivity contribution is -0.142. The molecule has 2 aromatic rings. The summed E-state index contributed by atoms with van der Waals surface area (Å²) in [7, 11) is 2.77. The van der Waals surface area contributed by atoms with E-state index in [0.29, 0.717) is 76.1 Å². The number of para-hydroxylation sites is 1. The number of carbonyl (C=O) groups excluding carboxylic acids is 3. The molecule has 0 bridgehead atoms. The third kappa shape index (κ3) is 8.23. The second kappa shape index (κ2) is 15.6. The van der Waals surface area contributed by atoms with Gasteiger partial charge < -0.3 is 29.9 Å². The molecule has 2 radical (unpaired) electrons. The second-order valence-corrected chi connectivity index (χ2v) is 16.3. The van der Waals surface area contributed by atoms with Crippen LogP contribution in [0.5, 0.6) is 5.75 Å². The van der Waals surface area contributed by atoms with Crippen LogP contribution in [0.15, 0.2) is 42.5 Å². The molecule has 4 aliphatic rings. The number of hydrogen-bond acceptors (Lipinski definition) is 7. The third-order valence-electron chi connectivity index (χ3n) is 11.1. The molecule has 0 aliphatic carbocycles. The van der Waals surface area contributed by atoms with Crippen molar-refractivity contribution in [1.82, 2.24) is 19.0 Å². The van der Waals surface area contributed by atoms with E-state index in [4.69, 9.17) is 12.6 Å². The van der Waals surface area contributed by atoms with Crippen molar-refractivity contribution in [2.75, 3.05) is 56.9 Å². The number of ether oxygens (including phenoxy) is 1. The van der Waals surface area contributed by atoms with Gasteiger partial charge in [0.15, 0.2) is 6.10 Å². The number of likely N-dealkylation sites (tertiary alicyclic amines) is 2. The molecule has 0 spiro atoms. The molecule has 3 fully saturated rings. The maximum absolute atomic E-state index is 14.0. The summed E-state index contributed by atoms with van der Waals surface area (Å²) in [5, 5.41) is 13.0. The Kier molecular flexibility index (Phi) is 11.3. The summed E-state index contributed by atoms with van der Waals surface area (Å²) < 4.78 is 32.2. The van der Waals surface area contributed by atoms with Gasteiger partial charge in [-0.25, -0.2) is 22.3 Å². The van der Waals surface area contributed by atoms with E-state index in [1.807, 2.05) is 29.2 Å². The topological polar surface area (TPSA) is 140 Å². The van der Waals surface area contributed by atoms with Gasteiger partial charge in [0.1, 0.15) is 13.6 Å². The lowest BCUT2D eigenvalue weighted by Crippen LogP contribution is -2.52. The number of sulfonamides is 1. The number of urea groups is 1. The molecular formula is C36H48BN5O7S. The summed E-state index contributed by atoms with van der Waals surface area (Å²) in [6.45, 7) is 5.24. The molecule has 2 aromatic carbocycles. The number of phenolic OH excluding ortho intramolecular Hbond substituents is 1. The van der Waals surface area contributed by atoms with Crippen molar-refractivity contribution in [3.05, 3.63) is 53.6 Å². The van der Waals surface area contributed by atoms with E-state index in [1.54, 1.807) is 33.2 Å². The van der Waals surface area contributed by atoms with Gasteiger partial charge in [0, 0.05) is 64.0 Å². The van der Waals surface area contributed by atoms with Crippen molar-refractivity contribution in [3.8, 4) is 5.75 Å². The van der Waals surface area contributed by atoms with E-state index >= 15 is 0 Å². The van der Waals surface area contributed by atoms with Crippen molar-refractivity contribution in [1.29, 1.82) is 0 Å². The molecule has 4 aliphatic heterocycles. The zero-order chi connectivity index (χ0) is 35.4. The number of amides is 4. The minimum absolute atomic E-state index is 0.0182. The number of rotatable bonds is 8. The number of nitrogens with one attached hydrogen (secondary N) is 1. The predicted molar refractivity (Wildman–Crippen MR) is 191 cm³/mol. The van der Waals surface area contributed by atoms with E-state index in [0.717, 1.165) is 43.4 Å². The van der Waals surface area contributed by atoms with Crippen LogP contribution in [0.4, 0.5) is 15.3 Å². The van der Waals surface area contributed by atoms with E-state index in [1.165, 1.54) is 6.07 Å². The molecule has 14 heteroatoms.